The molecule has 1 unspecified atom stereocenters. The van der Waals surface area contributed by atoms with Gasteiger partial charge in [-0.25, -0.2) is 0 Å². The Bertz CT molecular complexity index is 152. The normalized spacial score (nSPS) is 14.6. The van der Waals surface area contributed by atoms with Gasteiger partial charge >= 0.3 is 5.97 Å². The van der Waals surface area contributed by atoms with Crippen LogP contribution in [0.15, 0.2) is 4.99 Å². The molecule has 0 amide bonds. The number of nitrogens with zero attached hydrogens (tertiary/aromatic N) is 1. The van der Waals surface area contributed by atoms with Crippen LogP contribution >= 0.6 is 0 Å². The molecule has 0 N–H and O–H groups in total. The molecule has 0 aliphatic heterocycles. The van der Waals surface area contributed by atoms with Crippen molar-refractivity contribution in [1.29, 1.82) is 0 Å². The highest BCUT2D eigenvalue weighted by Gasteiger charge is 2.14. The molecule has 0 heterocycles. The quantitative estimate of drug-likeness (QED) is 0.425. The zero-order valence-electron chi connectivity index (χ0n) is 6.84. The van der Waals surface area contributed by atoms with Crippen LogP contribution in [0.3, 0.4) is 0 Å². The van der Waals surface area contributed by atoms with Gasteiger partial charge in [-0.15, -0.1) is 0 Å². The van der Waals surface area contributed by atoms with Gasteiger partial charge in [-0.2, -0.15) is 0 Å². The Kier molecular flexibility index (Phi) is 3.69. The van der Waals surface area contributed by atoms with Crippen LogP contribution in [0.1, 0.15) is 13.8 Å². The monoisotopic (exact) mass is 143 g/mol. The lowest BCUT2D eigenvalue weighted by atomic mass is 10.1. The van der Waals surface area contributed by atoms with Crippen molar-refractivity contribution >= 4 is 11.7 Å². The molecule has 0 saturated heterocycles. The Labute approximate surface area is 61.1 Å². The lowest BCUT2D eigenvalue weighted by Crippen LogP contribution is -2.19. The summed E-state index contributed by atoms with van der Waals surface area (Å²) < 4.78 is 4.52. The first-order valence-electron chi connectivity index (χ1n) is 3.14. The molecule has 0 bridgehead atoms. The van der Waals surface area contributed by atoms with Gasteiger partial charge in [0.2, 0.25) is 0 Å². The molecule has 0 saturated carbocycles. The second-order valence-electron chi connectivity index (χ2n) is 2.11. The molecule has 0 aliphatic carbocycles. The van der Waals surface area contributed by atoms with Crippen LogP contribution in [0.4, 0.5) is 0 Å². The highest BCUT2D eigenvalue weighted by atomic mass is 16.5. The third-order valence-electron chi connectivity index (χ3n) is 1.53. The number of carbonyl (C=O) groups excluding carboxylic acids is 1. The minimum atomic E-state index is -0.233. The van der Waals surface area contributed by atoms with E-state index in [9.17, 15) is 4.79 Å². The summed E-state index contributed by atoms with van der Waals surface area (Å²) in [5, 5.41) is 0. The molecule has 0 spiro atoms. The number of hydrogen-bond donors (Lipinski definition) is 0. The van der Waals surface area contributed by atoms with Crippen molar-refractivity contribution in [2.75, 3.05) is 14.2 Å². The lowest BCUT2D eigenvalue weighted by molar-refractivity contribution is -0.142. The number of rotatable bonds is 2. The summed E-state index contributed by atoms with van der Waals surface area (Å²) in [4.78, 5) is 14.7. The van der Waals surface area contributed by atoms with Crippen molar-refractivity contribution in [3.63, 3.8) is 0 Å². The molecule has 0 aromatic heterocycles. The number of hydrogen-bond acceptors (Lipinski definition) is 3. The lowest BCUT2D eigenvalue weighted by Gasteiger charge is -2.06. The van der Waals surface area contributed by atoms with Crippen molar-refractivity contribution < 1.29 is 9.53 Å². The molecule has 10 heavy (non-hydrogen) atoms. The van der Waals surface area contributed by atoms with Crippen molar-refractivity contribution in [1.82, 2.24) is 0 Å². The topological polar surface area (TPSA) is 38.7 Å². The minimum absolute atomic E-state index is 0.213. The summed E-state index contributed by atoms with van der Waals surface area (Å²) in [6.45, 7) is 3.58. The van der Waals surface area contributed by atoms with E-state index in [4.69, 9.17) is 0 Å². The number of aliphatic imine (C=N–C) groups is 1. The molecule has 0 rings (SSSR count). The Morgan fingerprint density at radius 3 is 2.40 bits per heavy atom. The summed E-state index contributed by atoms with van der Waals surface area (Å²) in [6.07, 6.45) is 0. The van der Waals surface area contributed by atoms with Crippen molar-refractivity contribution in [3.05, 3.63) is 0 Å². The molecule has 0 aromatic rings. The fraction of sp³-hybridized carbons (Fsp3) is 0.714. The third-order valence-corrected chi connectivity index (χ3v) is 1.53. The summed E-state index contributed by atoms with van der Waals surface area (Å²) in [6, 6.07) is 0. The average Bonchev–Trinajstić information content (AvgIpc) is 2.00. The molecule has 3 heteroatoms. The smallest absolute Gasteiger partial charge is 0.314 e. The van der Waals surface area contributed by atoms with Crippen LogP contribution in [0.5, 0.6) is 0 Å². The van der Waals surface area contributed by atoms with Gasteiger partial charge < -0.3 is 4.74 Å². The molecule has 1 atom stereocenters. The predicted molar refractivity (Wildman–Crippen MR) is 40.2 cm³/mol. The number of carbonyl (C=O) groups is 1. The molecule has 58 valence electrons. The second kappa shape index (κ2) is 4.04. The first-order valence-corrected chi connectivity index (χ1v) is 3.14. The van der Waals surface area contributed by atoms with Crippen LogP contribution in [0.2, 0.25) is 0 Å². The van der Waals surface area contributed by atoms with Crippen molar-refractivity contribution in [2.45, 2.75) is 13.8 Å². The minimum Gasteiger partial charge on any atom is -0.469 e. The van der Waals surface area contributed by atoms with Crippen LogP contribution < -0.4 is 0 Å². The molecule has 3 nitrogen and oxygen atoms in total. The Hall–Kier alpha value is -0.860. The fourth-order valence-corrected chi connectivity index (χ4v) is 0.541. The van der Waals surface area contributed by atoms with Crippen LogP contribution in [-0.2, 0) is 9.53 Å². The van der Waals surface area contributed by atoms with E-state index in [1.165, 1.54) is 7.11 Å². The summed E-state index contributed by atoms with van der Waals surface area (Å²) in [5.41, 5.74) is 0.798. The first-order chi connectivity index (χ1) is 4.63. The van der Waals surface area contributed by atoms with E-state index in [1.807, 2.05) is 6.92 Å². The van der Waals surface area contributed by atoms with Crippen LogP contribution in [0, 0.1) is 5.92 Å². The van der Waals surface area contributed by atoms with Gasteiger partial charge in [0.05, 0.1) is 13.0 Å². The molecule has 0 fully saturated rings. The van der Waals surface area contributed by atoms with Gasteiger partial charge in [-0.05, 0) is 13.8 Å². The van der Waals surface area contributed by atoms with Crippen molar-refractivity contribution in [2.24, 2.45) is 10.9 Å². The van der Waals surface area contributed by atoms with Crippen LogP contribution in [0.25, 0.3) is 0 Å². The first kappa shape index (κ1) is 9.14. The van der Waals surface area contributed by atoms with Gasteiger partial charge in [-0.1, -0.05) is 0 Å². The van der Waals surface area contributed by atoms with Gasteiger partial charge in [0, 0.05) is 12.8 Å². The standard InChI is InChI=1S/C7H13NO2/c1-5(6(2)8-3)7(9)10-4/h5H,1-4H3. The van der Waals surface area contributed by atoms with E-state index in [2.05, 4.69) is 9.73 Å². The Morgan fingerprint density at radius 1 is 1.60 bits per heavy atom. The maximum Gasteiger partial charge on any atom is 0.314 e. The molecular weight excluding hydrogens is 130 g/mol. The van der Waals surface area contributed by atoms with Gasteiger partial charge in [0.15, 0.2) is 0 Å². The van der Waals surface area contributed by atoms with Crippen LogP contribution in [-0.4, -0.2) is 25.8 Å². The largest absolute Gasteiger partial charge is 0.469 e. The van der Waals surface area contributed by atoms with E-state index in [0.717, 1.165) is 5.71 Å². The van der Waals surface area contributed by atoms with E-state index in [-0.39, 0.29) is 11.9 Å². The molecule has 0 aromatic carbocycles. The zero-order valence-corrected chi connectivity index (χ0v) is 6.84. The van der Waals surface area contributed by atoms with Gasteiger partial charge in [0.25, 0.3) is 0 Å². The van der Waals surface area contributed by atoms with Gasteiger partial charge in [0.1, 0.15) is 0 Å². The maximum atomic E-state index is 10.8. The average molecular weight is 143 g/mol. The van der Waals surface area contributed by atoms with E-state index in [0.29, 0.717) is 0 Å². The summed E-state index contributed by atoms with van der Waals surface area (Å²) >= 11 is 0. The van der Waals surface area contributed by atoms with E-state index >= 15 is 0 Å². The fourth-order valence-electron chi connectivity index (χ4n) is 0.541. The highest BCUT2D eigenvalue weighted by Crippen LogP contribution is 1.99. The van der Waals surface area contributed by atoms with E-state index < -0.39 is 0 Å². The summed E-state index contributed by atoms with van der Waals surface area (Å²) in [7, 11) is 3.04. The number of esters is 1. The van der Waals surface area contributed by atoms with Gasteiger partial charge in [-0.3, -0.25) is 9.79 Å². The Morgan fingerprint density at radius 2 is 2.10 bits per heavy atom. The number of methoxy groups -OCH3 is 1. The second-order valence-corrected chi connectivity index (χ2v) is 2.11. The zero-order chi connectivity index (χ0) is 8.15. The molecule has 0 radical (unpaired) electrons. The Balaban J connectivity index is 4.08. The third kappa shape index (κ3) is 2.17. The SMILES string of the molecule is CN=C(C)C(C)C(=O)OC. The maximum absolute atomic E-state index is 10.8. The molecular formula is C7H13NO2. The number of ether oxygens (including phenoxy) is 1. The summed E-state index contributed by atoms with van der Waals surface area (Å²) in [5.74, 6) is -0.446. The molecule has 0 aliphatic rings. The highest BCUT2D eigenvalue weighted by molar-refractivity contribution is 6.00. The van der Waals surface area contributed by atoms with E-state index in [1.54, 1.807) is 14.0 Å². The predicted octanol–water partition coefficient (Wildman–Crippen LogP) is 0.886. The van der Waals surface area contributed by atoms with Crippen molar-refractivity contribution in [3.8, 4) is 0 Å².